The van der Waals surface area contributed by atoms with Gasteiger partial charge in [0, 0.05) is 19.3 Å². The Morgan fingerprint density at radius 3 is 0.897 bits per heavy atom. The van der Waals surface area contributed by atoms with Crippen LogP contribution in [0.3, 0.4) is 0 Å². The highest BCUT2D eigenvalue weighted by molar-refractivity contribution is 5.71. The zero-order valence-corrected chi connectivity index (χ0v) is 45.1. The molecule has 0 radical (unpaired) electrons. The molecule has 0 aliphatic carbocycles. The number of carbonyl (C=O) groups excluding carboxylic acids is 3. The van der Waals surface area contributed by atoms with E-state index in [-0.39, 0.29) is 31.1 Å². The van der Waals surface area contributed by atoms with Crippen LogP contribution in [0.2, 0.25) is 0 Å². The molecule has 6 heteroatoms. The first-order chi connectivity index (χ1) is 33.5. The predicted molar refractivity (Wildman–Crippen MR) is 293 cm³/mol. The summed E-state index contributed by atoms with van der Waals surface area (Å²) in [7, 11) is 0. The van der Waals surface area contributed by atoms with Crippen LogP contribution in [0.15, 0.2) is 60.8 Å². The molecule has 0 aromatic rings. The zero-order valence-electron chi connectivity index (χ0n) is 45.1. The van der Waals surface area contributed by atoms with E-state index in [4.69, 9.17) is 14.2 Å². The molecule has 6 nitrogen and oxygen atoms in total. The fourth-order valence-corrected chi connectivity index (χ4v) is 8.44. The molecule has 0 aromatic carbocycles. The molecule has 0 spiro atoms. The molecule has 1 unspecified atom stereocenters. The van der Waals surface area contributed by atoms with Gasteiger partial charge in [-0.15, -0.1) is 0 Å². The Bertz CT molecular complexity index is 1230. The summed E-state index contributed by atoms with van der Waals surface area (Å²) < 4.78 is 16.9. The molecule has 0 N–H and O–H groups in total. The van der Waals surface area contributed by atoms with Crippen molar-refractivity contribution in [3.8, 4) is 0 Å². The van der Waals surface area contributed by atoms with Crippen LogP contribution in [0.25, 0.3) is 0 Å². The fraction of sp³-hybridized carbons (Fsp3) is 0.790. The van der Waals surface area contributed by atoms with E-state index >= 15 is 0 Å². The van der Waals surface area contributed by atoms with Gasteiger partial charge in [0.2, 0.25) is 0 Å². The standard InChI is InChI=1S/C62H110O6/c1-4-7-10-13-16-19-22-25-28-30-32-34-37-40-43-46-49-52-55-61(64)67-58-59(57-66-60(63)54-51-48-45-42-39-36-33-27-24-21-18-15-12-9-6-3)68-62(65)56-53-50-47-44-41-38-35-31-29-26-23-20-17-14-11-8-5-2/h9,12,15,18,21,24,28,30,32,34,59H,4-8,10-11,13-14,16-17,19-20,22-23,25-27,29,31,33,35-58H2,1-3H3/b12-9-,18-15-,24-21-,30-28-,34-32-. The van der Waals surface area contributed by atoms with Gasteiger partial charge in [-0.3, -0.25) is 14.4 Å². The van der Waals surface area contributed by atoms with Gasteiger partial charge in [-0.1, -0.05) is 274 Å². The summed E-state index contributed by atoms with van der Waals surface area (Å²) in [5, 5.41) is 0. The van der Waals surface area contributed by atoms with Crippen LogP contribution in [-0.2, 0) is 28.6 Å². The van der Waals surface area contributed by atoms with Gasteiger partial charge in [0.1, 0.15) is 13.2 Å². The van der Waals surface area contributed by atoms with Crippen LogP contribution < -0.4 is 0 Å². The molecule has 0 bridgehead atoms. The number of esters is 3. The molecule has 0 saturated carbocycles. The Hall–Kier alpha value is -2.89. The molecule has 0 aliphatic heterocycles. The van der Waals surface area contributed by atoms with Crippen LogP contribution in [0.4, 0.5) is 0 Å². The largest absolute Gasteiger partial charge is 0.462 e. The fourth-order valence-electron chi connectivity index (χ4n) is 8.44. The minimum absolute atomic E-state index is 0.0833. The minimum atomic E-state index is -0.784. The van der Waals surface area contributed by atoms with Gasteiger partial charge in [-0.25, -0.2) is 0 Å². The first-order valence-electron chi connectivity index (χ1n) is 29.3. The molecule has 1 atom stereocenters. The Morgan fingerprint density at radius 2 is 0.574 bits per heavy atom. The highest BCUT2D eigenvalue weighted by Crippen LogP contribution is 2.16. The van der Waals surface area contributed by atoms with Gasteiger partial charge in [-0.2, -0.15) is 0 Å². The topological polar surface area (TPSA) is 78.9 Å². The lowest BCUT2D eigenvalue weighted by atomic mass is 10.0. The smallest absolute Gasteiger partial charge is 0.306 e. The second kappa shape index (κ2) is 56.7. The summed E-state index contributed by atoms with van der Waals surface area (Å²) in [4.78, 5) is 38.2. The van der Waals surface area contributed by atoms with E-state index in [0.717, 1.165) is 89.9 Å². The maximum Gasteiger partial charge on any atom is 0.306 e. The minimum Gasteiger partial charge on any atom is -0.462 e. The molecule has 0 heterocycles. The van der Waals surface area contributed by atoms with Gasteiger partial charge < -0.3 is 14.2 Å². The molecule has 0 aromatic heterocycles. The number of hydrogen-bond donors (Lipinski definition) is 0. The number of rotatable bonds is 53. The number of unbranched alkanes of at least 4 members (excludes halogenated alkanes) is 35. The van der Waals surface area contributed by atoms with Crippen molar-refractivity contribution < 1.29 is 28.6 Å². The Labute approximate surface area is 421 Å². The summed E-state index contributed by atoms with van der Waals surface area (Å²) in [5.41, 5.74) is 0. The summed E-state index contributed by atoms with van der Waals surface area (Å²) in [6, 6.07) is 0. The summed E-state index contributed by atoms with van der Waals surface area (Å²) in [6.07, 6.45) is 70.7. The average Bonchev–Trinajstić information content (AvgIpc) is 3.34. The quantitative estimate of drug-likeness (QED) is 0.0262. The van der Waals surface area contributed by atoms with E-state index in [1.165, 1.54) is 167 Å². The van der Waals surface area contributed by atoms with E-state index < -0.39 is 6.10 Å². The molecular weight excluding hydrogens is 841 g/mol. The third-order valence-electron chi connectivity index (χ3n) is 12.8. The molecule has 0 aliphatic rings. The van der Waals surface area contributed by atoms with Crippen molar-refractivity contribution in [3.63, 3.8) is 0 Å². The number of ether oxygens (including phenoxy) is 3. The average molecular weight is 952 g/mol. The molecule has 0 fully saturated rings. The van der Waals surface area contributed by atoms with Crippen molar-refractivity contribution in [3.05, 3.63) is 60.8 Å². The van der Waals surface area contributed by atoms with Gasteiger partial charge in [-0.05, 0) is 64.2 Å². The predicted octanol–water partition coefficient (Wildman–Crippen LogP) is 19.6. The van der Waals surface area contributed by atoms with E-state index in [0.29, 0.717) is 19.3 Å². The highest BCUT2D eigenvalue weighted by Gasteiger charge is 2.19. The van der Waals surface area contributed by atoms with Gasteiger partial charge in [0.25, 0.3) is 0 Å². The van der Waals surface area contributed by atoms with Crippen molar-refractivity contribution in [2.45, 2.75) is 303 Å². The molecule has 68 heavy (non-hydrogen) atoms. The van der Waals surface area contributed by atoms with E-state index in [2.05, 4.69) is 81.5 Å². The third-order valence-corrected chi connectivity index (χ3v) is 12.8. The third kappa shape index (κ3) is 54.1. The first-order valence-corrected chi connectivity index (χ1v) is 29.3. The van der Waals surface area contributed by atoms with Crippen LogP contribution in [-0.4, -0.2) is 37.2 Å². The highest BCUT2D eigenvalue weighted by atomic mass is 16.6. The summed E-state index contributed by atoms with van der Waals surface area (Å²) in [5.74, 6) is -0.895. The monoisotopic (exact) mass is 951 g/mol. The summed E-state index contributed by atoms with van der Waals surface area (Å²) in [6.45, 7) is 6.52. The SMILES string of the molecule is CC\C=C/C=C\C=C/CCCCCCCCCC(=O)OCC(COC(=O)CCCCCCC/C=C\C=C/CCCCCCCCC)OC(=O)CCCCCCCCCCCCCCCCCCC. The van der Waals surface area contributed by atoms with Crippen LogP contribution in [0.1, 0.15) is 297 Å². The van der Waals surface area contributed by atoms with Crippen molar-refractivity contribution in [1.29, 1.82) is 0 Å². The summed E-state index contributed by atoms with van der Waals surface area (Å²) >= 11 is 0. The maximum atomic E-state index is 12.9. The maximum absolute atomic E-state index is 12.9. The van der Waals surface area contributed by atoms with Crippen LogP contribution >= 0.6 is 0 Å². The lowest BCUT2D eigenvalue weighted by Crippen LogP contribution is -2.30. The molecular formula is C62H110O6. The van der Waals surface area contributed by atoms with Gasteiger partial charge in [0.15, 0.2) is 6.10 Å². The number of hydrogen-bond acceptors (Lipinski definition) is 6. The van der Waals surface area contributed by atoms with Crippen molar-refractivity contribution >= 4 is 17.9 Å². The second-order valence-electron chi connectivity index (χ2n) is 19.6. The van der Waals surface area contributed by atoms with Crippen LogP contribution in [0, 0.1) is 0 Å². The second-order valence-corrected chi connectivity index (χ2v) is 19.6. The number of carbonyl (C=O) groups is 3. The molecule has 0 saturated heterocycles. The number of allylic oxidation sites excluding steroid dienone is 10. The van der Waals surface area contributed by atoms with Crippen LogP contribution in [0.5, 0.6) is 0 Å². The van der Waals surface area contributed by atoms with Crippen molar-refractivity contribution in [2.24, 2.45) is 0 Å². The Morgan fingerprint density at radius 1 is 0.309 bits per heavy atom. The first kappa shape index (κ1) is 65.1. The zero-order chi connectivity index (χ0) is 49.3. The Kier molecular flexibility index (Phi) is 54.3. The van der Waals surface area contributed by atoms with Gasteiger partial charge in [0.05, 0.1) is 0 Å². The Balaban J connectivity index is 4.39. The van der Waals surface area contributed by atoms with E-state index in [9.17, 15) is 14.4 Å². The van der Waals surface area contributed by atoms with E-state index in [1.54, 1.807) is 0 Å². The van der Waals surface area contributed by atoms with E-state index in [1.807, 2.05) is 0 Å². The lowest BCUT2D eigenvalue weighted by Gasteiger charge is -2.18. The molecule has 0 amide bonds. The lowest BCUT2D eigenvalue weighted by molar-refractivity contribution is -0.167. The van der Waals surface area contributed by atoms with Gasteiger partial charge >= 0.3 is 17.9 Å². The molecule has 0 rings (SSSR count). The van der Waals surface area contributed by atoms with Crippen molar-refractivity contribution in [2.75, 3.05) is 13.2 Å². The molecule has 394 valence electrons. The van der Waals surface area contributed by atoms with Crippen molar-refractivity contribution in [1.82, 2.24) is 0 Å². The normalized spacial score (nSPS) is 12.5.